The van der Waals surface area contributed by atoms with E-state index in [2.05, 4.69) is 5.32 Å². The zero-order chi connectivity index (χ0) is 19.3. The minimum atomic E-state index is -4.46. The number of alkyl halides is 3. The first kappa shape index (κ1) is 19.2. The molecule has 1 unspecified atom stereocenters. The fourth-order valence-corrected chi connectivity index (χ4v) is 2.24. The van der Waals surface area contributed by atoms with Crippen LogP contribution in [0.5, 0.6) is 0 Å². The number of hydrogen-bond acceptors (Lipinski definition) is 3. The van der Waals surface area contributed by atoms with Gasteiger partial charge in [0.05, 0.1) is 16.5 Å². The van der Waals surface area contributed by atoms with E-state index in [0.29, 0.717) is 11.1 Å². The highest BCUT2D eigenvalue weighted by Crippen LogP contribution is 2.30. The highest BCUT2D eigenvalue weighted by atomic mass is 19.4. The summed E-state index contributed by atoms with van der Waals surface area (Å²) < 4.78 is 38.2. The van der Waals surface area contributed by atoms with Crippen LogP contribution in [0.25, 0.3) is 6.08 Å². The lowest BCUT2D eigenvalue weighted by atomic mass is 10.0. The minimum Gasteiger partial charge on any atom is -0.346 e. The van der Waals surface area contributed by atoms with Crippen molar-refractivity contribution in [2.45, 2.75) is 19.1 Å². The Morgan fingerprint density at radius 3 is 2.54 bits per heavy atom. The van der Waals surface area contributed by atoms with E-state index in [1.807, 2.05) is 0 Å². The van der Waals surface area contributed by atoms with Gasteiger partial charge in [-0.25, -0.2) is 0 Å². The van der Waals surface area contributed by atoms with Crippen molar-refractivity contribution in [1.29, 1.82) is 0 Å². The highest BCUT2D eigenvalue weighted by Gasteiger charge is 2.30. The largest absolute Gasteiger partial charge is 0.416 e. The molecule has 0 radical (unpaired) electrons. The first-order valence-corrected chi connectivity index (χ1v) is 7.57. The van der Waals surface area contributed by atoms with Crippen LogP contribution in [-0.2, 0) is 11.0 Å². The normalized spacial score (nSPS) is 12.8. The van der Waals surface area contributed by atoms with Gasteiger partial charge >= 0.3 is 6.18 Å². The van der Waals surface area contributed by atoms with Gasteiger partial charge in [0.15, 0.2) is 0 Å². The van der Waals surface area contributed by atoms with Crippen molar-refractivity contribution >= 4 is 17.7 Å². The average molecular weight is 364 g/mol. The second kappa shape index (κ2) is 7.81. The predicted octanol–water partition coefficient (Wildman–Crippen LogP) is 4.50. The van der Waals surface area contributed by atoms with E-state index in [1.165, 1.54) is 42.5 Å². The Hall–Kier alpha value is -3.16. The van der Waals surface area contributed by atoms with Gasteiger partial charge in [-0.3, -0.25) is 14.9 Å². The molecule has 5 nitrogen and oxygen atoms in total. The lowest BCUT2D eigenvalue weighted by Gasteiger charge is -2.15. The van der Waals surface area contributed by atoms with Gasteiger partial charge in [-0.15, -0.1) is 0 Å². The monoisotopic (exact) mass is 364 g/mol. The standard InChI is InChI=1S/C18H15F3N2O3/c1-12(14-5-3-6-15(11-14)18(19,20)21)22-17(24)9-8-13-4-2-7-16(10-13)23(25)26/h2-12H,1H3,(H,22,24)/b9-8+. The van der Waals surface area contributed by atoms with Crippen molar-refractivity contribution in [1.82, 2.24) is 5.32 Å². The third-order valence-corrected chi connectivity index (χ3v) is 3.58. The maximum Gasteiger partial charge on any atom is 0.416 e. The zero-order valence-corrected chi connectivity index (χ0v) is 13.7. The molecule has 0 spiro atoms. The van der Waals surface area contributed by atoms with Crippen LogP contribution in [-0.4, -0.2) is 10.8 Å². The topological polar surface area (TPSA) is 72.2 Å². The smallest absolute Gasteiger partial charge is 0.346 e. The van der Waals surface area contributed by atoms with Crippen molar-refractivity contribution in [3.63, 3.8) is 0 Å². The molecule has 2 rings (SSSR count). The quantitative estimate of drug-likeness (QED) is 0.482. The van der Waals surface area contributed by atoms with E-state index in [-0.39, 0.29) is 5.69 Å². The minimum absolute atomic E-state index is 0.107. The number of nitro groups is 1. The van der Waals surface area contributed by atoms with E-state index in [0.717, 1.165) is 12.1 Å². The predicted molar refractivity (Wildman–Crippen MR) is 90.1 cm³/mol. The van der Waals surface area contributed by atoms with Crippen LogP contribution in [0, 0.1) is 10.1 Å². The van der Waals surface area contributed by atoms with Gasteiger partial charge in [-0.2, -0.15) is 13.2 Å². The molecule has 0 heterocycles. The molecular formula is C18H15F3N2O3. The third kappa shape index (κ3) is 5.17. The van der Waals surface area contributed by atoms with E-state index in [9.17, 15) is 28.1 Å². The van der Waals surface area contributed by atoms with Crippen molar-refractivity contribution in [2.75, 3.05) is 0 Å². The summed E-state index contributed by atoms with van der Waals surface area (Å²) in [6.07, 6.45) is -1.90. The molecule has 2 aromatic rings. The number of rotatable bonds is 5. The number of halogens is 3. The lowest BCUT2D eigenvalue weighted by molar-refractivity contribution is -0.384. The summed E-state index contributed by atoms with van der Waals surface area (Å²) >= 11 is 0. The molecule has 1 amide bonds. The van der Waals surface area contributed by atoms with Crippen LogP contribution in [0.15, 0.2) is 54.6 Å². The molecule has 0 saturated heterocycles. The summed E-state index contributed by atoms with van der Waals surface area (Å²) in [6.45, 7) is 1.56. The Morgan fingerprint density at radius 1 is 1.19 bits per heavy atom. The zero-order valence-electron chi connectivity index (χ0n) is 13.7. The first-order chi connectivity index (χ1) is 12.2. The Kier molecular flexibility index (Phi) is 5.76. The Morgan fingerprint density at radius 2 is 1.88 bits per heavy atom. The van der Waals surface area contributed by atoms with Gasteiger partial charge in [0.25, 0.3) is 5.69 Å². The maximum atomic E-state index is 12.7. The molecule has 136 valence electrons. The molecule has 8 heteroatoms. The van der Waals surface area contributed by atoms with Gasteiger partial charge in [-0.05, 0) is 36.3 Å². The number of non-ortho nitro benzene ring substituents is 1. The summed E-state index contributed by atoms with van der Waals surface area (Å²) in [6, 6.07) is 9.78. The fraction of sp³-hybridized carbons (Fsp3) is 0.167. The van der Waals surface area contributed by atoms with E-state index >= 15 is 0 Å². The van der Waals surface area contributed by atoms with Gasteiger partial charge in [-0.1, -0.05) is 24.3 Å². The summed E-state index contributed by atoms with van der Waals surface area (Å²) in [7, 11) is 0. The van der Waals surface area contributed by atoms with E-state index < -0.39 is 28.6 Å². The fourth-order valence-electron chi connectivity index (χ4n) is 2.24. The second-order valence-corrected chi connectivity index (χ2v) is 5.54. The molecule has 0 aliphatic carbocycles. The van der Waals surface area contributed by atoms with Crippen LogP contribution < -0.4 is 5.32 Å². The first-order valence-electron chi connectivity index (χ1n) is 7.57. The molecule has 0 fully saturated rings. The molecule has 0 aromatic heterocycles. The molecule has 0 bridgehead atoms. The Bertz CT molecular complexity index is 848. The molecule has 0 aliphatic rings. The number of carbonyl (C=O) groups excluding carboxylic acids is 1. The summed E-state index contributed by atoms with van der Waals surface area (Å²) in [4.78, 5) is 22.1. The van der Waals surface area contributed by atoms with Crippen LogP contribution in [0.1, 0.15) is 29.7 Å². The van der Waals surface area contributed by atoms with Crippen molar-refractivity contribution in [3.8, 4) is 0 Å². The van der Waals surface area contributed by atoms with Gasteiger partial charge in [0, 0.05) is 18.2 Å². The van der Waals surface area contributed by atoms with E-state index in [4.69, 9.17) is 0 Å². The Balaban J connectivity index is 2.05. The van der Waals surface area contributed by atoms with Gasteiger partial charge in [0.1, 0.15) is 0 Å². The Labute approximate surface area is 147 Å². The van der Waals surface area contributed by atoms with Crippen LogP contribution >= 0.6 is 0 Å². The van der Waals surface area contributed by atoms with Crippen molar-refractivity contribution in [2.24, 2.45) is 0 Å². The number of amides is 1. The lowest BCUT2D eigenvalue weighted by Crippen LogP contribution is -2.24. The van der Waals surface area contributed by atoms with Gasteiger partial charge in [0.2, 0.25) is 5.91 Å². The second-order valence-electron chi connectivity index (χ2n) is 5.54. The van der Waals surface area contributed by atoms with Crippen molar-refractivity contribution in [3.05, 3.63) is 81.4 Å². The average Bonchev–Trinajstić information content (AvgIpc) is 2.59. The molecule has 2 aromatic carbocycles. The molecule has 1 atom stereocenters. The number of carbonyl (C=O) groups is 1. The molecular weight excluding hydrogens is 349 g/mol. The van der Waals surface area contributed by atoms with Crippen LogP contribution in [0.4, 0.5) is 18.9 Å². The number of nitro benzene ring substituents is 1. The molecule has 26 heavy (non-hydrogen) atoms. The van der Waals surface area contributed by atoms with Crippen molar-refractivity contribution < 1.29 is 22.9 Å². The maximum absolute atomic E-state index is 12.7. The molecule has 0 saturated carbocycles. The van der Waals surface area contributed by atoms with Crippen LogP contribution in [0.2, 0.25) is 0 Å². The highest BCUT2D eigenvalue weighted by molar-refractivity contribution is 5.92. The molecule has 0 aliphatic heterocycles. The van der Waals surface area contributed by atoms with E-state index in [1.54, 1.807) is 13.0 Å². The van der Waals surface area contributed by atoms with Crippen LogP contribution in [0.3, 0.4) is 0 Å². The number of nitrogens with zero attached hydrogens (tertiary/aromatic N) is 1. The number of benzene rings is 2. The van der Waals surface area contributed by atoms with Gasteiger partial charge < -0.3 is 5.32 Å². The summed E-state index contributed by atoms with van der Waals surface area (Å²) in [5, 5.41) is 13.3. The third-order valence-electron chi connectivity index (χ3n) is 3.58. The summed E-state index contributed by atoms with van der Waals surface area (Å²) in [5.74, 6) is -0.526. The molecule has 1 N–H and O–H groups in total. The number of hydrogen-bond donors (Lipinski definition) is 1. The number of nitrogens with one attached hydrogen (secondary N) is 1. The SMILES string of the molecule is CC(NC(=O)/C=C/c1cccc([N+](=O)[O-])c1)c1cccc(C(F)(F)F)c1. The summed E-state index contributed by atoms with van der Waals surface area (Å²) in [5.41, 5.74) is -0.119.